The van der Waals surface area contributed by atoms with Crippen molar-refractivity contribution in [3.63, 3.8) is 0 Å². The zero-order valence-electron chi connectivity index (χ0n) is 13.9. The predicted molar refractivity (Wildman–Crippen MR) is 100 cm³/mol. The third-order valence-corrected chi connectivity index (χ3v) is 5.27. The number of rotatable bonds is 4. The smallest absolute Gasteiger partial charge is 0.0604 e. The Balaban J connectivity index is 2.03. The van der Waals surface area contributed by atoms with Gasteiger partial charge in [0.1, 0.15) is 0 Å². The summed E-state index contributed by atoms with van der Waals surface area (Å²) in [4.78, 5) is 0. The zero-order chi connectivity index (χ0) is 16.2. The van der Waals surface area contributed by atoms with E-state index in [-0.39, 0.29) is 5.41 Å². The van der Waals surface area contributed by atoms with Gasteiger partial charge in [-0.3, -0.25) is 0 Å². The fraction of sp³-hybridized carbons (Fsp3) is 0.217. The van der Waals surface area contributed by atoms with Crippen LogP contribution in [0.15, 0.2) is 91.0 Å². The highest BCUT2D eigenvalue weighted by atomic mass is 15.0. The second kappa shape index (κ2) is 6.62. The highest BCUT2D eigenvalue weighted by Gasteiger charge is 2.44. The summed E-state index contributed by atoms with van der Waals surface area (Å²) in [5, 5.41) is 3.79. The van der Waals surface area contributed by atoms with E-state index in [0.29, 0.717) is 6.04 Å². The lowest BCUT2D eigenvalue weighted by Gasteiger charge is -2.41. The molecule has 120 valence electrons. The van der Waals surface area contributed by atoms with Crippen LogP contribution in [0.1, 0.15) is 29.5 Å². The maximum atomic E-state index is 3.79. The predicted octanol–water partition coefficient (Wildman–Crippen LogP) is 4.77. The maximum Gasteiger partial charge on any atom is 0.0604 e. The Morgan fingerprint density at radius 1 is 0.625 bits per heavy atom. The maximum absolute atomic E-state index is 3.79. The molecule has 24 heavy (non-hydrogen) atoms. The third kappa shape index (κ3) is 2.46. The number of hydrogen-bond donors (Lipinski definition) is 1. The molecule has 0 radical (unpaired) electrons. The molecule has 0 saturated carbocycles. The topological polar surface area (TPSA) is 12.0 Å². The van der Waals surface area contributed by atoms with Crippen LogP contribution in [0.25, 0.3) is 0 Å². The standard InChI is InChI=1S/C23H23N/c1-4-11-19(12-5-1)23(22-17-10-18-24-22,20-13-6-2-7-14-20)21-15-8-3-9-16-21/h1-9,11-16,22,24H,10,17-18H2/t22-/m0/s1. The molecule has 1 nitrogen and oxygen atoms in total. The second-order valence-corrected chi connectivity index (χ2v) is 6.56. The molecule has 0 bridgehead atoms. The molecule has 4 rings (SSSR count). The van der Waals surface area contributed by atoms with Gasteiger partial charge in [0.05, 0.1) is 5.41 Å². The van der Waals surface area contributed by atoms with Crippen molar-refractivity contribution in [2.45, 2.75) is 24.3 Å². The first-order valence-electron chi connectivity index (χ1n) is 8.82. The summed E-state index contributed by atoms with van der Waals surface area (Å²) in [6.07, 6.45) is 2.43. The van der Waals surface area contributed by atoms with Gasteiger partial charge in [-0.05, 0) is 36.1 Å². The molecule has 1 saturated heterocycles. The summed E-state index contributed by atoms with van der Waals surface area (Å²) in [6, 6.07) is 33.3. The molecule has 0 aliphatic carbocycles. The molecule has 1 atom stereocenters. The van der Waals surface area contributed by atoms with Crippen molar-refractivity contribution in [3.05, 3.63) is 108 Å². The summed E-state index contributed by atoms with van der Waals surface area (Å²) < 4.78 is 0. The fourth-order valence-corrected chi connectivity index (χ4v) is 4.26. The molecule has 0 spiro atoms. The number of benzene rings is 3. The summed E-state index contributed by atoms with van der Waals surface area (Å²) in [7, 11) is 0. The Kier molecular flexibility index (Phi) is 4.18. The first-order chi connectivity index (χ1) is 11.9. The normalized spacial score (nSPS) is 17.8. The van der Waals surface area contributed by atoms with Crippen molar-refractivity contribution < 1.29 is 0 Å². The lowest BCUT2D eigenvalue weighted by molar-refractivity contribution is 0.435. The Hall–Kier alpha value is -2.38. The van der Waals surface area contributed by atoms with Crippen LogP contribution in [-0.2, 0) is 5.41 Å². The second-order valence-electron chi connectivity index (χ2n) is 6.56. The van der Waals surface area contributed by atoms with Gasteiger partial charge >= 0.3 is 0 Å². The SMILES string of the molecule is c1ccc(C(c2ccccc2)(c2ccccc2)[C@@H]2CCCN2)cc1. The molecule has 1 aliphatic heterocycles. The van der Waals surface area contributed by atoms with Gasteiger partial charge in [-0.25, -0.2) is 0 Å². The van der Waals surface area contributed by atoms with Gasteiger partial charge in [0, 0.05) is 6.04 Å². The molecule has 1 N–H and O–H groups in total. The van der Waals surface area contributed by atoms with Crippen LogP contribution in [0, 0.1) is 0 Å². The molecular weight excluding hydrogens is 290 g/mol. The monoisotopic (exact) mass is 313 g/mol. The van der Waals surface area contributed by atoms with Gasteiger partial charge < -0.3 is 5.32 Å². The number of hydrogen-bond acceptors (Lipinski definition) is 1. The van der Waals surface area contributed by atoms with Crippen LogP contribution in [-0.4, -0.2) is 12.6 Å². The van der Waals surface area contributed by atoms with Crippen LogP contribution in [0.4, 0.5) is 0 Å². The Morgan fingerprint density at radius 3 is 1.38 bits per heavy atom. The first-order valence-corrected chi connectivity index (χ1v) is 8.82. The van der Waals surface area contributed by atoms with E-state index in [1.807, 2.05) is 0 Å². The summed E-state index contributed by atoms with van der Waals surface area (Å²) in [6.45, 7) is 1.10. The quantitative estimate of drug-likeness (QED) is 0.684. The van der Waals surface area contributed by atoms with E-state index >= 15 is 0 Å². The fourth-order valence-electron chi connectivity index (χ4n) is 4.26. The van der Waals surface area contributed by atoms with E-state index in [1.165, 1.54) is 29.5 Å². The van der Waals surface area contributed by atoms with Gasteiger partial charge in [-0.2, -0.15) is 0 Å². The lowest BCUT2D eigenvalue weighted by Crippen LogP contribution is -2.47. The van der Waals surface area contributed by atoms with Gasteiger partial charge in [0.15, 0.2) is 0 Å². The van der Waals surface area contributed by atoms with E-state index in [1.54, 1.807) is 0 Å². The highest BCUT2D eigenvalue weighted by molar-refractivity contribution is 5.52. The Labute approximate surface area is 144 Å². The molecule has 0 aromatic heterocycles. The molecular formula is C23H23N. The minimum absolute atomic E-state index is 0.152. The van der Waals surface area contributed by atoms with E-state index in [4.69, 9.17) is 0 Å². The van der Waals surface area contributed by atoms with E-state index in [2.05, 4.69) is 96.3 Å². The molecule has 1 aliphatic rings. The minimum atomic E-state index is -0.152. The van der Waals surface area contributed by atoms with Crippen molar-refractivity contribution in [1.82, 2.24) is 5.32 Å². The van der Waals surface area contributed by atoms with Crippen LogP contribution < -0.4 is 5.32 Å². The molecule has 1 heteroatoms. The van der Waals surface area contributed by atoms with Crippen molar-refractivity contribution in [1.29, 1.82) is 0 Å². The third-order valence-electron chi connectivity index (χ3n) is 5.27. The molecule has 0 unspecified atom stereocenters. The Bertz CT molecular complexity index is 662. The van der Waals surface area contributed by atoms with Crippen molar-refractivity contribution in [3.8, 4) is 0 Å². The van der Waals surface area contributed by atoms with Gasteiger partial charge in [-0.15, -0.1) is 0 Å². The molecule has 1 heterocycles. The largest absolute Gasteiger partial charge is 0.312 e. The molecule has 3 aromatic carbocycles. The minimum Gasteiger partial charge on any atom is -0.312 e. The highest BCUT2D eigenvalue weighted by Crippen LogP contribution is 2.44. The molecule has 3 aromatic rings. The summed E-state index contributed by atoms with van der Waals surface area (Å²) in [5.74, 6) is 0. The van der Waals surface area contributed by atoms with Crippen LogP contribution in [0.2, 0.25) is 0 Å². The van der Waals surface area contributed by atoms with Crippen LogP contribution in [0.5, 0.6) is 0 Å². The Morgan fingerprint density at radius 2 is 1.04 bits per heavy atom. The molecule has 1 fully saturated rings. The molecule has 0 amide bonds. The van der Waals surface area contributed by atoms with Crippen molar-refractivity contribution in [2.24, 2.45) is 0 Å². The lowest BCUT2D eigenvalue weighted by atomic mass is 9.64. The van der Waals surface area contributed by atoms with Crippen LogP contribution in [0.3, 0.4) is 0 Å². The van der Waals surface area contributed by atoms with Crippen LogP contribution >= 0.6 is 0 Å². The number of nitrogens with one attached hydrogen (secondary N) is 1. The van der Waals surface area contributed by atoms with E-state index in [9.17, 15) is 0 Å². The van der Waals surface area contributed by atoms with Gasteiger partial charge in [0.25, 0.3) is 0 Å². The van der Waals surface area contributed by atoms with E-state index in [0.717, 1.165) is 6.54 Å². The first kappa shape index (κ1) is 15.2. The van der Waals surface area contributed by atoms with Crippen molar-refractivity contribution in [2.75, 3.05) is 6.54 Å². The zero-order valence-corrected chi connectivity index (χ0v) is 13.9. The summed E-state index contributed by atoms with van der Waals surface area (Å²) >= 11 is 0. The van der Waals surface area contributed by atoms with E-state index < -0.39 is 0 Å². The average molecular weight is 313 g/mol. The van der Waals surface area contributed by atoms with Gasteiger partial charge in [-0.1, -0.05) is 91.0 Å². The van der Waals surface area contributed by atoms with Crippen molar-refractivity contribution >= 4 is 0 Å². The average Bonchev–Trinajstić information content (AvgIpc) is 3.20. The summed E-state index contributed by atoms with van der Waals surface area (Å²) in [5.41, 5.74) is 3.94. The van der Waals surface area contributed by atoms with Gasteiger partial charge in [0.2, 0.25) is 0 Å².